The number of hydrogen-bond acceptors (Lipinski definition) is 1. The minimum absolute atomic E-state index is 0.797. The molecule has 0 aliphatic carbocycles. The van der Waals surface area contributed by atoms with Gasteiger partial charge in [0.05, 0.1) is 5.69 Å². The summed E-state index contributed by atoms with van der Waals surface area (Å²) in [6.07, 6.45) is 7.82. The summed E-state index contributed by atoms with van der Waals surface area (Å²) in [5, 5.41) is 0. The second-order valence-corrected chi connectivity index (χ2v) is 5.21. The Labute approximate surface area is 108 Å². The molecule has 2 N–H and O–H groups in total. The zero-order valence-corrected chi connectivity index (χ0v) is 11.9. The van der Waals surface area contributed by atoms with E-state index < -0.39 is 0 Å². The number of unbranched alkanes of at least 4 members (excludes halogenated alkanes) is 2. The van der Waals surface area contributed by atoms with Crippen molar-refractivity contribution in [3.8, 4) is 0 Å². The average Bonchev–Trinajstić information content (AvgIpc) is 2.19. The van der Waals surface area contributed by atoms with Gasteiger partial charge in [0.2, 0.25) is 0 Å². The first kappa shape index (κ1) is 12.8. The summed E-state index contributed by atoms with van der Waals surface area (Å²) in [7, 11) is 0. The van der Waals surface area contributed by atoms with Gasteiger partial charge in [-0.25, -0.2) is 0 Å². The minimum atomic E-state index is 0.797. The number of hydrogen-bond donors (Lipinski definition) is 1. The third-order valence-corrected chi connectivity index (χ3v) is 3.26. The lowest BCUT2D eigenvalue weighted by atomic mass is 10.1. The van der Waals surface area contributed by atoms with Crippen molar-refractivity contribution in [3.63, 3.8) is 0 Å². The molecule has 0 spiro atoms. The molecule has 0 heterocycles. The molecule has 0 aromatic heterocycles. The Hall–Kier alpha value is -0.280. The average molecular weight is 333 g/mol. The van der Waals surface area contributed by atoms with Crippen molar-refractivity contribution < 1.29 is 0 Å². The van der Waals surface area contributed by atoms with Crippen molar-refractivity contribution in [1.29, 1.82) is 0 Å². The highest BCUT2D eigenvalue weighted by Gasteiger charge is 2.01. The second kappa shape index (κ2) is 6.33. The largest absolute Gasteiger partial charge is 0.397 e. The third kappa shape index (κ3) is 3.99. The fourth-order valence-electron chi connectivity index (χ4n) is 1.27. The third-order valence-electron chi connectivity index (χ3n) is 2.15. The lowest BCUT2D eigenvalue weighted by Crippen LogP contribution is -1.90. The van der Waals surface area contributed by atoms with E-state index in [2.05, 4.69) is 50.9 Å². The van der Waals surface area contributed by atoms with Crippen molar-refractivity contribution >= 4 is 43.6 Å². The molecule has 1 nitrogen and oxygen atoms in total. The van der Waals surface area contributed by atoms with Crippen LogP contribution in [0.3, 0.4) is 0 Å². The van der Waals surface area contributed by atoms with Crippen molar-refractivity contribution in [2.75, 3.05) is 5.73 Å². The van der Waals surface area contributed by atoms with E-state index in [-0.39, 0.29) is 0 Å². The highest BCUT2D eigenvalue weighted by atomic mass is 79.9. The molecule has 1 aromatic carbocycles. The standard InChI is InChI=1S/C12H15Br2N/c1-2-3-4-5-6-9-7-10(13)8-11(14)12(9)15/h5-8H,2-4,15H2,1H3. The Bertz CT molecular complexity index is 359. The molecule has 1 aromatic rings. The molecule has 0 radical (unpaired) electrons. The maximum absolute atomic E-state index is 5.95. The molecule has 1 rings (SSSR count). The lowest BCUT2D eigenvalue weighted by molar-refractivity contribution is 0.816. The van der Waals surface area contributed by atoms with Gasteiger partial charge in [-0.15, -0.1) is 0 Å². The van der Waals surface area contributed by atoms with Crippen LogP contribution in [-0.2, 0) is 0 Å². The van der Waals surface area contributed by atoms with Crippen LogP contribution in [0.4, 0.5) is 5.69 Å². The summed E-state index contributed by atoms with van der Waals surface area (Å²) < 4.78 is 1.98. The highest BCUT2D eigenvalue weighted by molar-refractivity contribution is 9.11. The summed E-state index contributed by atoms with van der Waals surface area (Å²) >= 11 is 6.88. The fraction of sp³-hybridized carbons (Fsp3) is 0.333. The van der Waals surface area contributed by atoms with Crippen molar-refractivity contribution in [3.05, 3.63) is 32.7 Å². The number of anilines is 1. The smallest absolute Gasteiger partial charge is 0.0532 e. The molecule has 0 amide bonds. The van der Waals surface area contributed by atoms with Gasteiger partial charge in [0.15, 0.2) is 0 Å². The molecular formula is C12H15Br2N. The van der Waals surface area contributed by atoms with Gasteiger partial charge >= 0.3 is 0 Å². The van der Waals surface area contributed by atoms with E-state index in [0.29, 0.717) is 0 Å². The van der Waals surface area contributed by atoms with Crippen LogP contribution in [0.1, 0.15) is 31.7 Å². The summed E-state index contributed by atoms with van der Waals surface area (Å²) in [5.74, 6) is 0. The zero-order valence-electron chi connectivity index (χ0n) is 8.76. The highest BCUT2D eigenvalue weighted by Crippen LogP contribution is 2.29. The molecule has 15 heavy (non-hydrogen) atoms. The van der Waals surface area contributed by atoms with Crippen LogP contribution >= 0.6 is 31.9 Å². The molecule has 0 saturated carbocycles. The topological polar surface area (TPSA) is 26.0 Å². The predicted molar refractivity (Wildman–Crippen MR) is 74.8 cm³/mol. The van der Waals surface area contributed by atoms with Gasteiger partial charge in [0.25, 0.3) is 0 Å². The normalized spacial score (nSPS) is 11.1. The van der Waals surface area contributed by atoms with Gasteiger partial charge in [-0.05, 0) is 40.0 Å². The van der Waals surface area contributed by atoms with E-state index in [1.807, 2.05) is 12.1 Å². The van der Waals surface area contributed by atoms with Crippen LogP contribution in [0.5, 0.6) is 0 Å². The molecule has 0 saturated heterocycles. The Morgan fingerprint density at radius 2 is 2.07 bits per heavy atom. The summed E-state index contributed by atoms with van der Waals surface area (Å²) in [5.41, 5.74) is 7.81. The van der Waals surface area contributed by atoms with E-state index in [4.69, 9.17) is 5.73 Å². The van der Waals surface area contributed by atoms with Crippen LogP contribution in [-0.4, -0.2) is 0 Å². The van der Waals surface area contributed by atoms with Crippen LogP contribution in [0.25, 0.3) is 6.08 Å². The Morgan fingerprint density at radius 1 is 1.33 bits per heavy atom. The van der Waals surface area contributed by atoms with Gasteiger partial charge in [-0.3, -0.25) is 0 Å². The molecule has 3 heteroatoms. The number of nitrogen functional groups attached to an aromatic ring is 1. The maximum Gasteiger partial charge on any atom is 0.0532 e. The molecule has 0 atom stereocenters. The molecule has 0 aliphatic rings. The van der Waals surface area contributed by atoms with Gasteiger partial charge < -0.3 is 5.73 Å². The van der Waals surface area contributed by atoms with E-state index in [0.717, 1.165) is 26.6 Å². The first-order valence-electron chi connectivity index (χ1n) is 5.06. The van der Waals surface area contributed by atoms with E-state index in [1.54, 1.807) is 0 Å². The van der Waals surface area contributed by atoms with Crippen LogP contribution in [0.15, 0.2) is 27.2 Å². The van der Waals surface area contributed by atoms with Gasteiger partial charge in [-0.2, -0.15) is 0 Å². The molecule has 0 aliphatic heterocycles. The Kier molecular flexibility index (Phi) is 5.40. The number of rotatable bonds is 4. The minimum Gasteiger partial charge on any atom is -0.397 e. The number of allylic oxidation sites excluding steroid dienone is 1. The molecule has 0 fully saturated rings. The van der Waals surface area contributed by atoms with Gasteiger partial charge in [0.1, 0.15) is 0 Å². The summed E-state index contributed by atoms with van der Waals surface area (Å²) in [6, 6.07) is 3.99. The Morgan fingerprint density at radius 3 is 2.73 bits per heavy atom. The monoisotopic (exact) mass is 331 g/mol. The van der Waals surface area contributed by atoms with Crippen molar-refractivity contribution in [1.82, 2.24) is 0 Å². The summed E-state index contributed by atoms with van der Waals surface area (Å²) in [4.78, 5) is 0. The van der Waals surface area contributed by atoms with Crippen LogP contribution < -0.4 is 5.73 Å². The summed E-state index contributed by atoms with van der Waals surface area (Å²) in [6.45, 7) is 2.19. The predicted octanol–water partition coefficient (Wildman–Crippen LogP) is 5.00. The second-order valence-electron chi connectivity index (χ2n) is 3.44. The fourth-order valence-corrected chi connectivity index (χ4v) is 2.53. The van der Waals surface area contributed by atoms with Crippen LogP contribution in [0, 0.1) is 0 Å². The number of benzene rings is 1. The molecule has 0 bridgehead atoms. The molecular weight excluding hydrogens is 318 g/mol. The number of nitrogens with two attached hydrogens (primary N) is 1. The van der Waals surface area contributed by atoms with E-state index in [9.17, 15) is 0 Å². The van der Waals surface area contributed by atoms with E-state index >= 15 is 0 Å². The zero-order chi connectivity index (χ0) is 11.3. The Balaban J connectivity index is 2.80. The SMILES string of the molecule is CCCCC=Cc1cc(Br)cc(Br)c1N. The number of halogens is 2. The van der Waals surface area contributed by atoms with Crippen molar-refractivity contribution in [2.45, 2.75) is 26.2 Å². The van der Waals surface area contributed by atoms with Crippen molar-refractivity contribution in [2.24, 2.45) is 0 Å². The first-order valence-corrected chi connectivity index (χ1v) is 6.64. The maximum atomic E-state index is 5.95. The van der Waals surface area contributed by atoms with Gasteiger partial charge in [-0.1, -0.05) is 47.8 Å². The lowest BCUT2D eigenvalue weighted by Gasteiger charge is -2.04. The van der Waals surface area contributed by atoms with E-state index in [1.165, 1.54) is 12.8 Å². The quantitative estimate of drug-likeness (QED) is 0.609. The van der Waals surface area contributed by atoms with Crippen LogP contribution in [0.2, 0.25) is 0 Å². The van der Waals surface area contributed by atoms with Gasteiger partial charge in [0, 0.05) is 8.95 Å². The molecule has 0 unspecified atom stereocenters. The molecule has 82 valence electrons. The first-order chi connectivity index (χ1) is 7.15.